The molecular formula is C14H26ClN3O2. The van der Waals surface area contributed by atoms with Gasteiger partial charge in [0.25, 0.3) is 0 Å². The van der Waals surface area contributed by atoms with Crippen LogP contribution in [0, 0.1) is 0 Å². The fraction of sp³-hybridized carbons (Fsp3) is 0.786. The second-order valence-electron chi connectivity index (χ2n) is 4.59. The van der Waals surface area contributed by atoms with Gasteiger partial charge in [-0.1, -0.05) is 18.5 Å². The second-order valence-corrected chi connectivity index (χ2v) is 4.99. The number of ether oxygens (including phenoxy) is 2. The van der Waals surface area contributed by atoms with Crippen molar-refractivity contribution in [3.63, 3.8) is 0 Å². The van der Waals surface area contributed by atoms with Gasteiger partial charge in [0.2, 0.25) is 0 Å². The fourth-order valence-corrected chi connectivity index (χ4v) is 2.35. The minimum absolute atomic E-state index is 0.161. The molecule has 0 saturated carbocycles. The normalized spacial score (nSPS) is 12.8. The maximum absolute atomic E-state index is 6.31. The predicted molar refractivity (Wildman–Crippen MR) is 81.3 cm³/mol. The standard InChI is InChI=1S/C14H26ClN3O2/c1-4-7-16-13(6-9-20-5-2)14-12(15)11-17-18(14)8-10-19-3/h11,13,16H,4-10H2,1-3H3. The molecule has 6 heteroatoms. The molecule has 0 fully saturated rings. The minimum atomic E-state index is 0.161. The molecule has 1 atom stereocenters. The van der Waals surface area contributed by atoms with Gasteiger partial charge in [0.05, 0.1) is 36.1 Å². The molecule has 0 radical (unpaired) electrons. The van der Waals surface area contributed by atoms with Gasteiger partial charge < -0.3 is 14.8 Å². The van der Waals surface area contributed by atoms with Crippen molar-refractivity contribution in [2.45, 2.75) is 39.3 Å². The highest BCUT2D eigenvalue weighted by molar-refractivity contribution is 6.31. The first-order chi connectivity index (χ1) is 9.74. The van der Waals surface area contributed by atoms with Gasteiger partial charge >= 0.3 is 0 Å². The first-order valence-electron chi connectivity index (χ1n) is 7.25. The van der Waals surface area contributed by atoms with Gasteiger partial charge in [-0.3, -0.25) is 4.68 Å². The fourth-order valence-electron chi connectivity index (χ4n) is 2.07. The molecule has 0 saturated heterocycles. The largest absolute Gasteiger partial charge is 0.383 e. The third-order valence-corrected chi connectivity index (χ3v) is 3.36. The quantitative estimate of drug-likeness (QED) is 0.639. The summed E-state index contributed by atoms with van der Waals surface area (Å²) < 4.78 is 12.5. The molecule has 0 aliphatic carbocycles. The molecule has 1 aromatic heterocycles. The van der Waals surface area contributed by atoms with Crippen LogP contribution in [0.4, 0.5) is 0 Å². The molecule has 1 heterocycles. The summed E-state index contributed by atoms with van der Waals surface area (Å²) >= 11 is 6.31. The minimum Gasteiger partial charge on any atom is -0.383 e. The van der Waals surface area contributed by atoms with Crippen LogP contribution in [-0.4, -0.2) is 43.3 Å². The summed E-state index contributed by atoms with van der Waals surface area (Å²) in [5, 5.41) is 8.56. The van der Waals surface area contributed by atoms with Crippen LogP contribution in [0.5, 0.6) is 0 Å². The molecule has 1 unspecified atom stereocenters. The monoisotopic (exact) mass is 303 g/mol. The van der Waals surface area contributed by atoms with Crippen LogP contribution >= 0.6 is 11.6 Å². The molecule has 0 aliphatic rings. The molecule has 1 aromatic rings. The van der Waals surface area contributed by atoms with Gasteiger partial charge in [-0.05, 0) is 26.3 Å². The highest BCUT2D eigenvalue weighted by Gasteiger charge is 2.19. The lowest BCUT2D eigenvalue weighted by Crippen LogP contribution is -2.27. The lowest BCUT2D eigenvalue weighted by Gasteiger charge is -2.20. The average Bonchev–Trinajstić information content (AvgIpc) is 2.81. The number of rotatable bonds is 11. The Morgan fingerprint density at radius 3 is 2.85 bits per heavy atom. The molecular weight excluding hydrogens is 278 g/mol. The first-order valence-corrected chi connectivity index (χ1v) is 7.63. The van der Waals surface area contributed by atoms with Gasteiger partial charge in [-0.25, -0.2) is 0 Å². The van der Waals surface area contributed by atoms with Gasteiger partial charge in [0, 0.05) is 20.3 Å². The molecule has 0 spiro atoms. The van der Waals surface area contributed by atoms with E-state index in [9.17, 15) is 0 Å². The molecule has 5 nitrogen and oxygen atoms in total. The SMILES string of the molecule is CCCNC(CCOCC)c1c(Cl)cnn1CCOC. The molecule has 0 aromatic carbocycles. The van der Waals surface area contributed by atoms with Crippen LogP contribution in [0.15, 0.2) is 6.20 Å². The number of hydrogen-bond donors (Lipinski definition) is 1. The smallest absolute Gasteiger partial charge is 0.0834 e. The Morgan fingerprint density at radius 1 is 1.40 bits per heavy atom. The van der Waals surface area contributed by atoms with Crippen LogP contribution < -0.4 is 5.32 Å². The topological polar surface area (TPSA) is 48.3 Å². The van der Waals surface area contributed by atoms with Crippen LogP contribution in [0.25, 0.3) is 0 Å². The van der Waals surface area contributed by atoms with E-state index in [4.69, 9.17) is 21.1 Å². The Morgan fingerprint density at radius 2 is 2.20 bits per heavy atom. The van der Waals surface area contributed by atoms with Gasteiger partial charge in [0.1, 0.15) is 0 Å². The van der Waals surface area contributed by atoms with Crippen LogP contribution in [-0.2, 0) is 16.0 Å². The third-order valence-electron chi connectivity index (χ3n) is 3.07. The Labute approximate surface area is 126 Å². The van der Waals surface area contributed by atoms with Crippen molar-refractivity contribution in [3.05, 3.63) is 16.9 Å². The summed E-state index contributed by atoms with van der Waals surface area (Å²) in [7, 11) is 1.69. The van der Waals surface area contributed by atoms with Gasteiger partial charge in [0.15, 0.2) is 0 Å². The molecule has 1 N–H and O–H groups in total. The molecule has 0 bridgehead atoms. The van der Waals surface area contributed by atoms with Crippen molar-refractivity contribution in [2.75, 3.05) is 33.5 Å². The zero-order chi connectivity index (χ0) is 14.8. The van der Waals surface area contributed by atoms with Crippen molar-refractivity contribution in [1.29, 1.82) is 0 Å². The summed E-state index contributed by atoms with van der Waals surface area (Å²) in [4.78, 5) is 0. The van der Waals surface area contributed by atoms with E-state index in [0.717, 1.165) is 31.7 Å². The predicted octanol–water partition coefficient (Wildman–Crippen LogP) is 2.65. The number of nitrogens with one attached hydrogen (secondary N) is 1. The van der Waals surface area contributed by atoms with E-state index >= 15 is 0 Å². The van der Waals surface area contributed by atoms with Crippen molar-refractivity contribution in [2.24, 2.45) is 0 Å². The van der Waals surface area contributed by atoms with E-state index in [2.05, 4.69) is 17.3 Å². The lowest BCUT2D eigenvalue weighted by atomic mass is 10.1. The van der Waals surface area contributed by atoms with Crippen molar-refractivity contribution < 1.29 is 9.47 Å². The summed E-state index contributed by atoms with van der Waals surface area (Å²) in [5.41, 5.74) is 1.02. The second kappa shape index (κ2) is 10.2. The van der Waals surface area contributed by atoms with Crippen molar-refractivity contribution >= 4 is 11.6 Å². The summed E-state index contributed by atoms with van der Waals surface area (Å²) in [5.74, 6) is 0. The zero-order valence-corrected chi connectivity index (χ0v) is 13.4. The third kappa shape index (κ3) is 5.40. The van der Waals surface area contributed by atoms with Crippen molar-refractivity contribution in [1.82, 2.24) is 15.1 Å². The molecule has 0 amide bonds. The van der Waals surface area contributed by atoms with Gasteiger partial charge in [-0.2, -0.15) is 5.10 Å². The first kappa shape index (κ1) is 17.4. The van der Waals surface area contributed by atoms with E-state index in [1.165, 1.54) is 0 Å². The number of methoxy groups -OCH3 is 1. The Hall–Kier alpha value is -0.620. The Bertz CT molecular complexity index is 371. The summed E-state index contributed by atoms with van der Waals surface area (Å²) in [6.07, 6.45) is 3.66. The number of nitrogens with zero attached hydrogens (tertiary/aromatic N) is 2. The molecule has 1 rings (SSSR count). The summed E-state index contributed by atoms with van der Waals surface area (Å²) in [6, 6.07) is 0.161. The maximum atomic E-state index is 6.31. The van der Waals surface area contributed by atoms with E-state index in [0.29, 0.717) is 24.8 Å². The molecule has 0 aliphatic heterocycles. The molecule has 116 valence electrons. The van der Waals surface area contributed by atoms with E-state index < -0.39 is 0 Å². The summed E-state index contributed by atoms with van der Waals surface area (Å²) in [6.45, 7) is 7.87. The number of halogens is 1. The van der Waals surface area contributed by atoms with Crippen LogP contribution in [0.1, 0.15) is 38.4 Å². The molecule has 20 heavy (non-hydrogen) atoms. The zero-order valence-electron chi connectivity index (χ0n) is 12.7. The van der Waals surface area contributed by atoms with Crippen molar-refractivity contribution in [3.8, 4) is 0 Å². The maximum Gasteiger partial charge on any atom is 0.0834 e. The lowest BCUT2D eigenvalue weighted by molar-refractivity contribution is 0.134. The Kier molecular flexibility index (Phi) is 8.85. The van der Waals surface area contributed by atoms with E-state index in [1.807, 2.05) is 11.6 Å². The number of aromatic nitrogens is 2. The van der Waals surface area contributed by atoms with Crippen LogP contribution in [0.2, 0.25) is 5.02 Å². The Balaban J connectivity index is 2.78. The average molecular weight is 304 g/mol. The van der Waals surface area contributed by atoms with E-state index in [-0.39, 0.29) is 6.04 Å². The van der Waals surface area contributed by atoms with Crippen LogP contribution in [0.3, 0.4) is 0 Å². The van der Waals surface area contributed by atoms with Gasteiger partial charge in [-0.15, -0.1) is 0 Å². The number of hydrogen-bond acceptors (Lipinski definition) is 4. The van der Waals surface area contributed by atoms with E-state index in [1.54, 1.807) is 13.3 Å². The highest BCUT2D eigenvalue weighted by atomic mass is 35.5. The highest BCUT2D eigenvalue weighted by Crippen LogP contribution is 2.25.